The van der Waals surface area contributed by atoms with Gasteiger partial charge < -0.3 is 15.2 Å². The molecular formula is C12H17NO3. The number of nitrogens with one attached hydrogen (secondary N) is 1. The summed E-state index contributed by atoms with van der Waals surface area (Å²) in [6.45, 7) is 2.68. The third-order valence-electron chi connectivity index (χ3n) is 2.11. The Kier molecular flexibility index (Phi) is 5.36. The van der Waals surface area contributed by atoms with E-state index in [1.54, 1.807) is 0 Å². The predicted octanol–water partition coefficient (Wildman–Crippen LogP) is 0.736. The number of ether oxygens (including phenoxy) is 1. The van der Waals surface area contributed by atoms with Crippen LogP contribution in [-0.2, 0) is 11.2 Å². The van der Waals surface area contributed by atoms with Crippen LogP contribution in [0, 0.1) is 0 Å². The Hall–Kier alpha value is -1.55. The molecule has 0 saturated carbocycles. The van der Waals surface area contributed by atoms with Gasteiger partial charge >= 0.3 is 0 Å². The van der Waals surface area contributed by atoms with Gasteiger partial charge in [0.25, 0.3) is 0 Å². The highest BCUT2D eigenvalue weighted by molar-refractivity contribution is 5.76. The molecule has 0 saturated heterocycles. The van der Waals surface area contributed by atoms with E-state index in [0.29, 0.717) is 13.2 Å². The summed E-state index contributed by atoms with van der Waals surface area (Å²) in [4.78, 5) is 10.8. The van der Waals surface area contributed by atoms with E-state index in [-0.39, 0.29) is 5.91 Å². The fourth-order valence-electron chi connectivity index (χ4n) is 1.32. The minimum absolute atomic E-state index is 0.342. The van der Waals surface area contributed by atoms with E-state index in [1.165, 1.54) is 0 Å². The second kappa shape index (κ2) is 6.85. The topological polar surface area (TPSA) is 58.6 Å². The third kappa shape index (κ3) is 4.31. The Morgan fingerprint density at radius 2 is 2.06 bits per heavy atom. The van der Waals surface area contributed by atoms with Crippen LogP contribution in [0.5, 0.6) is 5.75 Å². The van der Waals surface area contributed by atoms with Crippen molar-refractivity contribution in [2.24, 2.45) is 0 Å². The van der Waals surface area contributed by atoms with Crippen LogP contribution < -0.4 is 10.1 Å². The molecule has 0 bridgehead atoms. The summed E-state index contributed by atoms with van der Waals surface area (Å²) in [6, 6.07) is 7.76. The van der Waals surface area contributed by atoms with Crippen molar-refractivity contribution in [2.45, 2.75) is 13.3 Å². The van der Waals surface area contributed by atoms with Crippen molar-refractivity contribution >= 4 is 5.91 Å². The maximum Gasteiger partial charge on any atom is 0.245 e. The second-order valence-electron chi connectivity index (χ2n) is 3.34. The summed E-state index contributed by atoms with van der Waals surface area (Å²) >= 11 is 0. The summed E-state index contributed by atoms with van der Waals surface area (Å²) in [5.74, 6) is 0.511. The van der Waals surface area contributed by atoms with Gasteiger partial charge in [-0.3, -0.25) is 4.79 Å². The lowest BCUT2D eigenvalue weighted by Crippen LogP contribution is -2.28. The largest absolute Gasteiger partial charge is 0.494 e. The van der Waals surface area contributed by atoms with Gasteiger partial charge in [-0.15, -0.1) is 0 Å². The predicted molar refractivity (Wildman–Crippen MR) is 61.4 cm³/mol. The summed E-state index contributed by atoms with van der Waals surface area (Å²) < 4.78 is 5.32. The molecule has 16 heavy (non-hydrogen) atoms. The van der Waals surface area contributed by atoms with E-state index in [0.717, 1.165) is 17.7 Å². The van der Waals surface area contributed by atoms with Crippen LogP contribution in [0.15, 0.2) is 24.3 Å². The van der Waals surface area contributed by atoms with Crippen molar-refractivity contribution in [3.63, 3.8) is 0 Å². The van der Waals surface area contributed by atoms with Gasteiger partial charge in [0, 0.05) is 6.54 Å². The van der Waals surface area contributed by atoms with E-state index in [4.69, 9.17) is 9.84 Å². The fourth-order valence-corrected chi connectivity index (χ4v) is 1.32. The molecule has 0 atom stereocenters. The van der Waals surface area contributed by atoms with Gasteiger partial charge in [0.05, 0.1) is 6.61 Å². The molecule has 4 heteroatoms. The summed E-state index contributed by atoms with van der Waals surface area (Å²) in [5.41, 5.74) is 1.13. The lowest BCUT2D eigenvalue weighted by Gasteiger charge is -2.05. The van der Waals surface area contributed by atoms with Crippen molar-refractivity contribution in [3.8, 4) is 5.75 Å². The summed E-state index contributed by atoms with van der Waals surface area (Å²) in [5, 5.41) is 11.1. The maximum atomic E-state index is 10.8. The molecule has 4 nitrogen and oxygen atoms in total. The summed E-state index contributed by atoms with van der Waals surface area (Å²) in [6.07, 6.45) is 0.748. The highest BCUT2D eigenvalue weighted by atomic mass is 16.5. The van der Waals surface area contributed by atoms with Crippen molar-refractivity contribution in [1.82, 2.24) is 5.32 Å². The van der Waals surface area contributed by atoms with Gasteiger partial charge in [-0.05, 0) is 31.0 Å². The molecule has 0 aliphatic carbocycles. The second-order valence-corrected chi connectivity index (χ2v) is 3.34. The molecule has 0 aliphatic heterocycles. The van der Waals surface area contributed by atoms with Crippen LogP contribution in [-0.4, -0.2) is 30.8 Å². The van der Waals surface area contributed by atoms with Crippen LogP contribution in [0.4, 0.5) is 0 Å². The summed E-state index contributed by atoms with van der Waals surface area (Å²) in [7, 11) is 0. The zero-order chi connectivity index (χ0) is 11.8. The minimum Gasteiger partial charge on any atom is -0.494 e. The Bertz CT molecular complexity index is 322. The molecule has 1 aromatic rings. The molecule has 0 aliphatic rings. The molecule has 1 aromatic carbocycles. The van der Waals surface area contributed by atoms with Crippen molar-refractivity contribution in [1.29, 1.82) is 0 Å². The number of aliphatic hydroxyl groups is 1. The third-order valence-corrected chi connectivity index (χ3v) is 2.11. The highest BCUT2D eigenvalue weighted by Gasteiger charge is 1.98. The number of benzene rings is 1. The van der Waals surface area contributed by atoms with E-state index >= 15 is 0 Å². The van der Waals surface area contributed by atoms with Crippen LogP contribution in [0.2, 0.25) is 0 Å². The quantitative estimate of drug-likeness (QED) is 0.747. The molecule has 88 valence electrons. The number of rotatable bonds is 6. The molecule has 0 unspecified atom stereocenters. The zero-order valence-electron chi connectivity index (χ0n) is 9.40. The first-order chi connectivity index (χ1) is 7.76. The van der Waals surface area contributed by atoms with E-state index in [1.807, 2.05) is 31.2 Å². The monoisotopic (exact) mass is 223 g/mol. The normalized spacial score (nSPS) is 9.88. The number of carbonyl (C=O) groups excluding carboxylic acids is 1. The Balaban J connectivity index is 2.34. The first-order valence-corrected chi connectivity index (χ1v) is 5.35. The van der Waals surface area contributed by atoms with Crippen molar-refractivity contribution < 1.29 is 14.6 Å². The Labute approximate surface area is 95.2 Å². The van der Waals surface area contributed by atoms with Crippen LogP contribution in [0.25, 0.3) is 0 Å². The molecule has 0 fully saturated rings. The average Bonchev–Trinajstić information content (AvgIpc) is 2.31. The van der Waals surface area contributed by atoms with Gasteiger partial charge in [-0.1, -0.05) is 12.1 Å². The van der Waals surface area contributed by atoms with Gasteiger partial charge in [0.15, 0.2) is 0 Å². The van der Waals surface area contributed by atoms with Crippen molar-refractivity contribution in [2.75, 3.05) is 19.8 Å². The highest BCUT2D eigenvalue weighted by Crippen LogP contribution is 2.12. The molecule has 0 heterocycles. The smallest absolute Gasteiger partial charge is 0.245 e. The number of hydrogen-bond acceptors (Lipinski definition) is 3. The Morgan fingerprint density at radius 1 is 1.38 bits per heavy atom. The van der Waals surface area contributed by atoms with Gasteiger partial charge in [0.1, 0.15) is 12.4 Å². The first kappa shape index (κ1) is 12.5. The number of hydrogen-bond donors (Lipinski definition) is 2. The first-order valence-electron chi connectivity index (χ1n) is 5.35. The lowest BCUT2D eigenvalue weighted by atomic mass is 10.1. The molecule has 2 N–H and O–H groups in total. The molecular weight excluding hydrogens is 206 g/mol. The molecule has 0 aromatic heterocycles. The number of amides is 1. The number of aliphatic hydroxyl groups excluding tert-OH is 1. The zero-order valence-corrected chi connectivity index (χ0v) is 9.40. The lowest BCUT2D eigenvalue weighted by molar-refractivity contribution is -0.123. The maximum absolute atomic E-state index is 10.8. The van der Waals surface area contributed by atoms with Crippen molar-refractivity contribution in [3.05, 3.63) is 29.8 Å². The molecule has 0 radical (unpaired) electrons. The van der Waals surface area contributed by atoms with Crippen LogP contribution in [0.1, 0.15) is 12.5 Å². The van der Waals surface area contributed by atoms with Crippen LogP contribution >= 0.6 is 0 Å². The van der Waals surface area contributed by atoms with E-state index in [2.05, 4.69) is 5.32 Å². The van der Waals surface area contributed by atoms with Gasteiger partial charge in [-0.2, -0.15) is 0 Å². The molecule has 1 rings (SSSR count). The number of carbonyl (C=O) groups is 1. The van der Waals surface area contributed by atoms with Gasteiger partial charge in [0.2, 0.25) is 5.91 Å². The Morgan fingerprint density at radius 3 is 2.62 bits per heavy atom. The van der Waals surface area contributed by atoms with Crippen LogP contribution in [0.3, 0.4) is 0 Å². The minimum atomic E-state index is -0.455. The molecule has 1 amide bonds. The fraction of sp³-hybridized carbons (Fsp3) is 0.417. The standard InChI is InChI=1S/C12H17NO3/c1-2-16-11-5-3-10(4-6-11)7-8-13-12(15)9-14/h3-6,14H,2,7-9H2,1H3,(H,13,15). The molecule has 0 spiro atoms. The van der Waals surface area contributed by atoms with Gasteiger partial charge in [-0.25, -0.2) is 0 Å². The SMILES string of the molecule is CCOc1ccc(CCNC(=O)CO)cc1. The van der Waals surface area contributed by atoms with E-state index in [9.17, 15) is 4.79 Å². The van der Waals surface area contributed by atoms with E-state index < -0.39 is 6.61 Å². The average molecular weight is 223 g/mol.